The maximum Gasteiger partial charge on any atom is 0.279 e. The van der Waals surface area contributed by atoms with Gasteiger partial charge >= 0.3 is 0 Å². The summed E-state index contributed by atoms with van der Waals surface area (Å²) in [5.74, 6) is -0.294. The molecule has 30 heavy (non-hydrogen) atoms. The molecule has 0 saturated heterocycles. The Hall–Kier alpha value is -3.62. The lowest BCUT2D eigenvalue weighted by Gasteiger charge is -2.20. The highest BCUT2D eigenvalue weighted by molar-refractivity contribution is 5.85. The zero-order valence-electron chi connectivity index (χ0n) is 17.3. The van der Waals surface area contributed by atoms with Crippen LogP contribution in [0.1, 0.15) is 33.3 Å². The third kappa shape index (κ3) is 6.77. The third-order valence-corrected chi connectivity index (χ3v) is 4.15. The molecule has 1 atom stereocenters. The second kappa shape index (κ2) is 9.73. The maximum absolute atomic E-state index is 12.1. The quantitative estimate of drug-likeness (QED) is 0.530. The molecule has 0 aliphatic carbocycles. The molecule has 0 fully saturated rings. The number of hydrogen-bond donors (Lipinski definition) is 2. The minimum absolute atomic E-state index is 0.0162. The van der Waals surface area contributed by atoms with Crippen molar-refractivity contribution in [3.8, 4) is 11.5 Å². The van der Waals surface area contributed by atoms with Crippen LogP contribution in [0.25, 0.3) is 0 Å². The van der Waals surface area contributed by atoms with Gasteiger partial charge in [-0.1, -0.05) is 32.9 Å². The minimum atomic E-state index is -0.832. The van der Waals surface area contributed by atoms with Gasteiger partial charge in [-0.2, -0.15) is 0 Å². The Kier molecular flexibility index (Phi) is 7.35. The molecule has 9 heteroatoms. The predicted octanol–water partition coefficient (Wildman–Crippen LogP) is 2.89. The first-order chi connectivity index (χ1) is 14.1. The molecule has 160 valence electrons. The SMILES string of the molecule is CC(Oc1ccc(C(C)(C)C)cc1)C(=O)NNC(=O)COc1ccc([N+](=O)[O-])cc1. The molecule has 0 radical (unpaired) electrons. The minimum Gasteiger partial charge on any atom is -0.484 e. The fourth-order valence-electron chi connectivity index (χ4n) is 2.37. The summed E-state index contributed by atoms with van der Waals surface area (Å²) in [4.78, 5) is 34.0. The Morgan fingerprint density at radius 1 is 1.00 bits per heavy atom. The molecule has 2 N–H and O–H groups in total. The van der Waals surface area contributed by atoms with E-state index in [1.807, 2.05) is 12.1 Å². The van der Waals surface area contributed by atoms with E-state index in [4.69, 9.17) is 9.47 Å². The Morgan fingerprint density at radius 2 is 1.57 bits per heavy atom. The summed E-state index contributed by atoms with van der Waals surface area (Å²) < 4.78 is 10.8. The van der Waals surface area contributed by atoms with Crippen LogP contribution in [-0.4, -0.2) is 29.4 Å². The zero-order valence-corrected chi connectivity index (χ0v) is 17.3. The average Bonchev–Trinajstić information content (AvgIpc) is 2.70. The van der Waals surface area contributed by atoms with Crippen LogP contribution in [-0.2, 0) is 15.0 Å². The molecule has 0 aliphatic heterocycles. The van der Waals surface area contributed by atoms with Crippen LogP contribution in [0, 0.1) is 10.1 Å². The zero-order chi connectivity index (χ0) is 22.3. The average molecular weight is 415 g/mol. The van der Waals surface area contributed by atoms with Crippen LogP contribution in [0.5, 0.6) is 11.5 Å². The topological polar surface area (TPSA) is 120 Å². The molecule has 0 aromatic heterocycles. The summed E-state index contributed by atoms with van der Waals surface area (Å²) >= 11 is 0. The van der Waals surface area contributed by atoms with Gasteiger partial charge in [0, 0.05) is 12.1 Å². The summed E-state index contributed by atoms with van der Waals surface area (Å²) in [6, 6.07) is 12.8. The molecule has 0 saturated carbocycles. The van der Waals surface area contributed by atoms with Crippen LogP contribution in [0.3, 0.4) is 0 Å². The molecule has 2 amide bonds. The van der Waals surface area contributed by atoms with Crippen molar-refractivity contribution in [1.29, 1.82) is 0 Å². The summed E-state index contributed by atoms with van der Waals surface area (Å²) in [7, 11) is 0. The highest BCUT2D eigenvalue weighted by Crippen LogP contribution is 2.24. The highest BCUT2D eigenvalue weighted by Gasteiger charge is 2.17. The van der Waals surface area contributed by atoms with Crippen LogP contribution in [0.2, 0.25) is 0 Å². The monoisotopic (exact) mass is 415 g/mol. The van der Waals surface area contributed by atoms with Gasteiger partial charge in [0.1, 0.15) is 11.5 Å². The van der Waals surface area contributed by atoms with E-state index in [2.05, 4.69) is 31.6 Å². The van der Waals surface area contributed by atoms with E-state index in [-0.39, 0.29) is 23.5 Å². The summed E-state index contributed by atoms with van der Waals surface area (Å²) in [5.41, 5.74) is 5.57. The Bertz CT molecular complexity index is 888. The lowest BCUT2D eigenvalue weighted by molar-refractivity contribution is -0.384. The number of nitrogens with one attached hydrogen (secondary N) is 2. The van der Waals surface area contributed by atoms with E-state index in [0.717, 1.165) is 5.56 Å². The van der Waals surface area contributed by atoms with Crippen molar-refractivity contribution in [3.63, 3.8) is 0 Å². The molecular formula is C21H25N3O6. The number of nitro groups is 1. The molecule has 0 heterocycles. The smallest absolute Gasteiger partial charge is 0.279 e. The number of nitrogens with zero attached hydrogens (tertiary/aromatic N) is 1. The van der Waals surface area contributed by atoms with Crippen molar-refractivity contribution in [2.45, 2.75) is 39.2 Å². The van der Waals surface area contributed by atoms with Crippen molar-refractivity contribution in [2.24, 2.45) is 0 Å². The van der Waals surface area contributed by atoms with Crippen LogP contribution < -0.4 is 20.3 Å². The largest absolute Gasteiger partial charge is 0.484 e. The molecule has 0 aliphatic rings. The standard InChI is InChI=1S/C21H25N3O6/c1-14(30-18-9-5-15(6-10-18)21(2,3)4)20(26)23-22-19(25)13-29-17-11-7-16(8-12-17)24(27)28/h5-12,14H,13H2,1-4H3,(H,22,25)(H,23,26). The first-order valence-electron chi connectivity index (χ1n) is 9.29. The van der Waals surface area contributed by atoms with Gasteiger partial charge in [-0.25, -0.2) is 0 Å². The van der Waals surface area contributed by atoms with Gasteiger partial charge in [-0.05, 0) is 42.2 Å². The fourth-order valence-corrected chi connectivity index (χ4v) is 2.37. The molecule has 0 bridgehead atoms. The number of nitro benzene ring substituents is 1. The van der Waals surface area contributed by atoms with Crippen LogP contribution >= 0.6 is 0 Å². The molecule has 9 nitrogen and oxygen atoms in total. The number of benzene rings is 2. The maximum atomic E-state index is 12.1. The van der Waals surface area contributed by atoms with Crippen molar-refractivity contribution < 1.29 is 24.0 Å². The van der Waals surface area contributed by atoms with Crippen molar-refractivity contribution in [1.82, 2.24) is 10.9 Å². The predicted molar refractivity (Wildman–Crippen MR) is 110 cm³/mol. The van der Waals surface area contributed by atoms with E-state index in [0.29, 0.717) is 5.75 Å². The van der Waals surface area contributed by atoms with Gasteiger partial charge in [0.05, 0.1) is 4.92 Å². The van der Waals surface area contributed by atoms with Gasteiger partial charge in [-0.15, -0.1) is 0 Å². The van der Waals surface area contributed by atoms with Crippen molar-refractivity contribution in [2.75, 3.05) is 6.61 Å². The van der Waals surface area contributed by atoms with Gasteiger partial charge in [-0.3, -0.25) is 30.6 Å². The number of hydrazine groups is 1. The van der Waals surface area contributed by atoms with Crippen LogP contribution in [0.15, 0.2) is 48.5 Å². The molecule has 0 spiro atoms. The summed E-state index contributed by atoms with van der Waals surface area (Å²) in [5, 5.41) is 10.6. The Balaban J connectivity index is 1.76. The highest BCUT2D eigenvalue weighted by atomic mass is 16.6. The number of ether oxygens (including phenoxy) is 2. The number of non-ortho nitro benzene ring substituents is 1. The van der Waals surface area contributed by atoms with E-state index in [1.165, 1.54) is 24.3 Å². The van der Waals surface area contributed by atoms with Gasteiger partial charge in [0.25, 0.3) is 17.5 Å². The molecule has 2 aromatic carbocycles. The molecule has 2 rings (SSSR count). The summed E-state index contributed by atoms with van der Waals surface area (Å²) in [6.07, 6.45) is -0.832. The second-order valence-corrected chi connectivity index (χ2v) is 7.61. The van der Waals surface area contributed by atoms with E-state index >= 15 is 0 Å². The fraction of sp³-hybridized carbons (Fsp3) is 0.333. The number of hydrogen-bond acceptors (Lipinski definition) is 6. The molecule has 1 unspecified atom stereocenters. The number of rotatable bonds is 7. The van der Waals surface area contributed by atoms with Gasteiger partial charge in [0.15, 0.2) is 12.7 Å². The lowest BCUT2D eigenvalue weighted by Crippen LogP contribution is -2.48. The number of carbonyl (C=O) groups excluding carboxylic acids is 2. The van der Waals surface area contributed by atoms with Gasteiger partial charge < -0.3 is 9.47 Å². The number of amides is 2. The summed E-state index contributed by atoms with van der Waals surface area (Å²) in [6.45, 7) is 7.50. The third-order valence-electron chi connectivity index (χ3n) is 4.15. The van der Waals surface area contributed by atoms with Crippen molar-refractivity contribution in [3.05, 3.63) is 64.2 Å². The van der Waals surface area contributed by atoms with Gasteiger partial charge in [0.2, 0.25) is 0 Å². The number of carbonyl (C=O) groups is 2. The van der Waals surface area contributed by atoms with E-state index in [9.17, 15) is 19.7 Å². The van der Waals surface area contributed by atoms with E-state index < -0.39 is 22.8 Å². The van der Waals surface area contributed by atoms with Crippen molar-refractivity contribution >= 4 is 17.5 Å². The first-order valence-corrected chi connectivity index (χ1v) is 9.29. The Morgan fingerprint density at radius 3 is 2.10 bits per heavy atom. The van der Waals surface area contributed by atoms with Crippen LogP contribution in [0.4, 0.5) is 5.69 Å². The Labute approximate surface area is 174 Å². The molecular weight excluding hydrogens is 390 g/mol. The lowest BCUT2D eigenvalue weighted by atomic mass is 9.87. The molecule has 2 aromatic rings. The van der Waals surface area contributed by atoms with E-state index in [1.54, 1.807) is 19.1 Å². The normalized spacial score (nSPS) is 11.9. The second-order valence-electron chi connectivity index (χ2n) is 7.61. The first kappa shape index (κ1) is 22.7.